The van der Waals surface area contributed by atoms with E-state index in [-0.39, 0.29) is 5.54 Å². The van der Waals surface area contributed by atoms with Gasteiger partial charge in [-0.2, -0.15) is 0 Å². The Kier molecular flexibility index (Phi) is 2.18. The summed E-state index contributed by atoms with van der Waals surface area (Å²) in [6.45, 7) is 7.06. The van der Waals surface area contributed by atoms with Crippen molar-refractivity contribution in [1.82, 2.24) is 4.90 Å². The average molecular weight is 181 g/mol. The number of hydrogen-bond donors (Lipinski definition) is 0. The molecule has 1 aliphatic heterocycles. The Morgan fingerprint density at radius 1 is 1.31 bits per heavy atom. The first-order chi connectivity index (χ1) is 6.16. The monoisotopic (exact) mass is 181 g/mol. The highest BCUT2D eigenvalue weighted by molar-refractivity contribution is 5.58. The summed E-state index contributed by atoms with van der Waals surface area (Å²) in [7, 11) is 0. The van der Waals surface area contributed by atoms with Gasteiger partial charge in [0.25, 0.3) is 0 Å². The van der Waals surface area contributed by atoms with Gasteiger partial charge in [-0.25, -0.2) is 0 Å². The lowest BCUT2D eigenvalue weighted by atomic mass is 9.95. The van der Waals surface area contributed by atoms with Crippen LogP contribution in [0, 0.1) is 11.8 Å². The van der Waals surface area contributed by atoms with Gasteiger partial charge in [0.05, 0.1) is 0 Å². The molecule has 2 nitrogen and oxygen atoms in total. The Labute approximate surface area is 80.3 Å². The summed E-state index contributed by atoms with van der Waals surface area (Å²) in [5.74, 6) is 0.985. The molecule has 13 heavy (non-hydrogen) atoms. The van der Waals surface area contributed by atoms with Crippen molar-refractivity contribution in [2.75, 3.05) is 13.1 Å². The number of carbonyl (C=O) groups excluding carboxylic acids is 1. The van der Waals surface area contributed by atoms with E-state index in [1.54, 1.807) is 0 Å². The van der Waals surface area contributed by atoms with Gasteiger partial charge in [0.1, 0.15) is 6.29 Å². The third kappa shape index (κ3) is 1.52. The van der Waals surface area contributed by atoms with E-state index in [4.69, 9.17) is 0 Å². The Morgan fingerprint density at radius 2 is 1.92 bits per heavy atom. The van der Waals surface area contributed by atoms with Gasteiger partial charge in [0.15, 0.2) is 0 Å². The number of likely N-dealkylation sites (tertiary alicyclic amines) is 1. The van der Waals surface area contributed by atoms with Crippen molar-refractivity contribution in [3.63, 3.8) is 0 Å². The topological polar surface area (TPSA) is 20.3 Å². The molecule has 2 heteroatoms. The second-order valence-electron chi connectivity index (χ2n) is 4.99. The maximum absolute atomic E-state index is 10.6. The first-order valence-electron chi connectivity index (χ1n) is 5.36. The SMILES string of the molecule is CC(C)(C1CC1C=O)N1CCCC1. The first-order valence-corrected chi connectivity index (χ1v) is 5.36. The molecule has 2 rings (SSSR count). The number of carbonyl (C=O) groups is 1. The van der Waals surface area contributed by atoms with Crippen LogP contribution >= 0.6 is 0 Å². The second-order valence-corrected chi connectivity index (χ2v) is 4.99. The lowest BCUT2D eigenvalue weighted by Gasteiger charge is -2.36. The molecule has 1 saturated heterocycles. The zero-order valence-electron chi connectivity index (χ0n) is 8.62. The van der Waals surface area contributed by atoms with E-state index < -0.39 is 0 Å². The summed E-state index contributed by atoms with van der Waals surface area (Å²) in [5, 5.41) is 0. The Hall–Kier alpha value is -0.370. The standard InChI is InChI=1S/C11H19NO/c1-11(2,10-7-9(10)8-13)12-5-3-4-6-12/h8-10H,3-7H2,1-2H3. The van der Waals surface area contributed by atoms with Crippen molar-refractivity contribution < 1.29 is 4.79 Å². The van der Waals surface area contributed by atoms with Crippen LogP contribution in [0.2, 0.25) is 0 Å². The third-order valence-electron chi connectivity index (χ3n) is 3.84. The van der Waals surface area contributed by atoms with Crippen LogP contribution < -0.4 is 0 Å². The fourth-order valence-corrected chi connectivity index (χ4v) is 2.71. The highest BCUT2D eigenvalue weighted by Crippen LogP contribution is 2.48. The van der Waals surface area contributed by atoms with Crippen molar-refractivity contribution in [3.8, 4) is 0 Å². The number of aldehydes is 1. The van der Waals surface area contributed by atoms with E-state index in [9.17, 15) is 4.79 Å². The zero-order valence-corrected chi connectivity index (χ0v) is 8.62. The molecule has 2 fully saturated rings. The van der Waals surface area contributed by atoms with Gasteiger partial charge >= 0.3 is 0 Å². The molecule has 0 radical (unpaired) electrons. The molecule has 0 aromatic heterocycles. The molecule has 2 aliphatic rings. The summed E-state index contributed by atoms with van der Waals surface area (Å²) < 4.78 is 0. The fraction of sp³-hybridized carbons (Fsp3) is 0.909. The molecule has 2 atom stereocenters. The molecule has 74 valence electrons. The lowest BCUT2D eigenvalue weighted by molar-refractivity contribution is -0.109. The minimum Gasteiger partial charge on any atom is -0.303 e. The molecule has 0 bridgehead atoms. The molecular formula is C11H19NO. The average Bonchev–Trinajstić information content (AvgIpc) is 2.70. The van der Waals surface area contributed by atoms with Crippen LogP contribution in [0.15, 0.2) is 0 Å². The molecule has 1 heterocycles. The van der Waals surface area contributed by atoms with E-state index in [1.165, 1.54) is 25.9 Å². The van der Waals surface area contributed by atoms with E-state index in [1.807, 2.05) is 0 Å². The van der Waals surface area contributed by atoms with Gasteiger partial charge < -0.3 is 4.79 Å². The van der Waals surface area contributed by atoms with E-state index in [0.717, 1.165) is 12.7 Å². The van der Waals surface area contributed by atoms with Crippen LogP contribution in [-0.2, 0) is 4.79 Å². The number of nitrogens with zero attached hydrogens (tertiary/aromatic N) is 1. The summed E-state index contributed by atoms with van der Waals surface area (Å²) in [5.41, 5.74) is 0.266. The molecule has 1 aliphatic carbocycles. The molecule has 0 N–H and O–H groups in total. The van der Waals surface area contributed by atoms with Gasteiger partial charge in [0.2, 0.25) is 0 Å². The van der Waals surface area contributed by atoms with Gasteiger partial charge in [-0.15, -0.1) is 0 Å². The number of hydrogen-bond acceptors (Lipinski definition) is 2. The molecule has 0 aromatic carbocycles. The summed E-state index contributed by atoms with van der Waals surface area (Å²) in [6, 6.07) is 0. The summed E-state index contributed by atoms with van der Waals surface area (Å²) >= 11 is 0. The maximum atomic E-state index is 10.6. The summed E-state index contributed by atoms with van der Waals surface area (Å²) in [4.78, 5) is 13.2. The van der Waals surface area contributed by atoms with E-state index >= 15 is 0 Å². The van der Waals surface area contributed by atoms with Crippen molar-refractivity contribution >= 4 is 6.29 Å². The minimum atomic E-state index is 0.266. The first kappa shape index (κ1) is 9.20. The van der Waals surface area contributed by atoms with Crippen LogP contribution in [0.4, 0.5) is 0 Å². The quantitative estimate of drug-likeness (QED) is 0.618. The van der Waals surface area contributed by atoms with Crippen LogP contribution in [-0.4, -0.2) is 29.8 Å². The normalized spacial score (nSPS) is 34.9. The molecule has 0 aromatic rings. The van der Waals surface area contributed by atoms with Crippen molar-refractivity contribution in [2.24, 2.45) is 11.8 Å². The Bertz CT molecular complexity index is 206. The smallest absolute Gasteiger partial charge is 0.123 e. The minimum absolute atomic E-state index is 0.266. The molecule has 0 spiro atoms. The van der Waals surface area contributed by atoms with Crippen molar-refractivity contribution in [3.05, 3.63) is 0 Å². The van der Waals surface area contributed by atoms with Crippen LogP contribution in [0.25, 0.3) is 0 Å². The molecular weight excluding hydrogens is 162 g/mol. The Morgan fingerprint density at radius 3 is 2.38 bits per heavy atom. The highest BCUT2D eigenvalue weighted by Gasteiger charge is 2.50. The van der Waals surface area contributed by atoms with E-state index in [0.29, 0.717) is 11.8 Å². The van der Waals surface area contributed by atoms with Crippen LogP contribution in [0.5, 0.6) is 0 Å². The maximum Gasteiger partial charge on any atom is 0.123 e. The zero-order chi connectivity index (χ0) is 9.47. The largest absolute Gasteiger partial charge is 0.303 e. The van der Waals surface area contributed by atoms with Crippen LogP contribution in [0.1, 0.15) is 33.1 Å². The van der Waals surface area contributed by atoms with Gasteiger partial charge in [-0.1, -0.05) is 0 Å². The van der Waals surface area contributed by atoms with Gasteiger partial charge in [0, 0.05) is 11.5 Å². The van der Waals surface area contributed by atoms with Crippen LogP contribution in [0.3, 0.4) is 0 Å². The van der Waals surface area contributed by atoms with Crippen molar-refractivity contribution in [1.29, 1.82) is 0 Å². The van der Waals surface area contributed by atoms with E-state index in [2.05, 4.69) is 18.7 Å². The Balaban J connectivity index is 1.98. The second kappa shape index (κ2) is 3.09. The molecule has 1 saturated carbocycles. The predicted molar refractivity (Wildman–Crippen MR) is 52.5 cm³/mol. The van der Waals surface area contributed by atoms with Gasteiger partial charge in [-0.05, 0) is 52.1 Å². The summed E-state index contributed by atoms with van der Waals surface area (Å²) in [6.07, 6.45) is 4.93. The van der Waals surface area contributed by atoms with Crippen molar-refractivity contribution in [2.45, 2.75) is 38.6 Å². The fourth-order valence-electron chi connectivity index (χ4n) is 2.71. The number of rotatable bonds is 3. The molecule has 2 unspecified atom stereocenters. The van der Waals surface area contributed by atoms with Gasteiger partial charge in [-0.3, -0.25) is 4.90 Å². The highest BCUT2D eigenvalue weighted by atomic mass is 16.1. The lowest BCUT2D eigenvalue weighted by Crippen LogP contribution is -2.44. The third-order valence-corrected chi connectivity index (χ3v) is 3.84. The predicted octanol–water partition coefficient (Wildman–Crippen LogP) is 1.70. The molecule has 0 amide bonds.